The Labute approximate surface area is 132 Å². The minimum Gasteiger partial charge on any atom is -0.497 e. The van der Waals surface area contributed by atoms with Gasteiger partial charge in [0.1, 0.15) is 5.75 Å². The molecule has 4 fully saturated rings. The second-order valence-corrected chi connectivity index (χ2v) is 7.67. The summed E-state index contributed by atoms with van der Waals surface area (Å²) < 4.78 is 5.24. The van der Waals surface area contributed by atoms with Crippen LogP contribution in [0, 0.1) is 23.2 Å². The molecule has 0 N–H and O–H groups in total. The first-order chi connectivity index (χ1) is 10.7. The van der Waals surface area contributed by atoms with Crippen molar-refractivity contribution in [3.63, 3.8) is 0 Å². The minimum absolute atomic E-state index is 0.0237. The van der Waals surface area contributed by atoms with Crippen LogP contribution < -0.4 is 4.74 Å². The van der Waals surface area contributed by atoms with Gasteiger partial charge in [0, 0.05) is 5.41 Å². The molecular weight excluding hydrogens is 272 g/mol. The molecule has 0 heterocycles. The van der Waals surface area contributed by atoms with Crippen molar-refractivity contribution in [3.05, 3.63) is 35.9 Å². The smallest absolute Gasteiger partial charge is 0.161 e. The fraction of sp³-hybridized carbons (Fsp3) is 0.550. The van der Waals surface area contributed by atoms with E-state index in [0.29, 0.717) is 5.78 Å². The van der Waals surface area contributed by atoms with Gasteiger partial charge in [-0.3, -0.25) is 4.79 Å². The molecular formula is C20H24O2. The van der Waals surface area contributed by atoms with Gasteiger partial charge in [0.25, 0.3) is 0 Å². The third-order valence-corrected chi connectivity index (χ3v) is 6.08. The zero-order chi connectivity index (χ0) is 15.2. The second-order valence-electron chi connectivity index (χ2n) is 7.67. The molecule has 0 radical (unpaired) electrons. The van der Waals surface area contributed by atoms with E-state index in [1.807, 2.05) is 36.4 Å². The molecule has 0 spiro atoms. The maximum atomic E-state index is 12.9. The predicted octanol–water partition coefficient (Wildman–Crippen LogP) is 4.49. The summed E-state index contributed by atoms with van der Waals surface area (Å²) in [4.78, 5) is 12.9. The largest absolute Gasteiger partial charge is 0.497 e. The highest BCUT2D eigenvalue weighted by Gasteiger charge is 2.53. The van der Waals surface area contributed by atoms with Gasteiger partial charge in [0.05, 0.1) is 7.11 Å². The van der Waals surface area contributed by atoms with Gasteiger partial charge in [-0.2, -0.15) is 0 Å². The van der Waals surface area contributed by atoms with Gasteiger partial charge in [0.15, 0.2) is 5.78 Å². The summed E-state index contributed by atoms with van der Waals surface area (Å²) in [6.45, 7) is 0. The first kappa shape index (κ1) is 14.0. The maximum absolute atomic E-state index is 12.9. The monoisotopic (exact) mass is 296 g/mol. The number of carbonyl (C=O) groups is 1. The Hall–Kier alpha value is -1.57. The average molecular weight is 296 g/mol. The summed E-state index contributed by atoms with van der Waals surface area (Å²) in [5.74, 6) is 3.67. The topological polar surface area (TPSA) is 26.3 Å². The molecule has 1 aromatic carbocycles. The van der Waals surface area contributed by atoms with Gasteiger partial charge >= 0.3 is 0 Å². The van der Waals surface area contributed by atoms with Gasteiger partial charge in [0.2, 0.25) is 0 Å². The summed E-state index contributed by atoms with van der Waals surface area (Å²) in [5, 5.41) is 0. The van der Waals surface area contributed by atoms with Gasteiger partial charge in [-0.25, -0.2) is 0 Å². The Morgan fingerprint density at radius 3 is 2.36 bits per heavy atom. The van der Waals surface area contributed by atoms with Crippen LogP contribution in [0.3, 0.4) is 0 Å². The zero-order valence-corrected chi connectivity index (χ0v) is 13.3. The predicted molar refractivity (Wildman–Crippen MR) is 87.6 cm³/mol. The molecule has 116 valence electrons. The molecule has 0 unspecified atom stereocenters. The van der Waals surface area contributed by atoms with Crippen molar-refractivity contribution >= 4 is 11.9 Å². The van der Waals surface area contributed by atoms with E-state index in [-0.39, 0.29) is 5.41 Å². The van der Waals surface area contributed by atoms with E-state index in [0.717, 1.165) is 48.3 Å². The van der Waals surface area contributed by atoms with Gasteiger partial charge in [-0.15, -0.1) is 0 Å². The Kier molecular flexibility index (Phi) is 3.36. The Bertz CT molecular complexity index is 579. The lowest BCUT2D eigenvalue weighted by Crippen LogP contribution is -2.49. The second kappa shape index (κ2) is 5.26. The summed E-state index contributed by atoms with van der Waals surface area (Å²) in [6, 6.07) is 7.89. The van der Waals surface area contributed by atoms with E-state index in [4.69, 9.17) is 4.74 Å². The molecule has 1 aromatic rings. The van der Waals surface area contributed by atoms with E-state index in [9.17, 15) is 4.79 Å². The van der Waals surface area contributed by atoms with Crippen molar-refractivity contribution in [2.45, 2.75) is 38.5 Å². The number of hydrogen-bond acceptors (Lipinski definition) is 2. The number of benzene rings is 1. The SMILES string of the molecule is COc1cccc(/C=C/C(=O)C23CC4CC(CC(C4)C2)C3)c1. The number of hydrogen-bond donors (Lipinski definition) is 0. The molecule has 0 aromatic heterocycles. The number of ketones is 1. The number of allylic oxidation sites excluding steroid dienone is 1. The highest BCUT2D eigenvalue weighted by atomic mass is 16.5. The minimum atomic E-state index is -0.0237. The van der Waals surface area contributed by atoms with E-state index in [1.165, 1.54) is 19.3 Å². The lowest BCUT2D eigenvalue weighted by atomic mass is 9.48. The maximum Gasteiger partial charge on any atom is 0.161 e. The molecule has 0 amide bonds. The fourth-order valence-electron chi connectivity index (χ4n) is 5.51. The zero-order valence-electron chi connectivity index (χ0n) is 13.3. The number of ether oxygens (including phenoxy) is 1. The molecule has 2 nitrogen and oxygen atoms in total. The quantitative estimate of drug-likeness (QED) is 0.765. The van der Waals surface area contributed by atoms with Crippen molar-refractivity contribution in [2.24, 2.45) is 23.2 Å². The van der Waals surface area contributed by atoms with Crippen LogP contribution in [0.25, 0.3) is 6.08 Å². The third kappa shape index (κ3) is 2.39. The Morgan fingerprint density at radius 1 is 1.14 bits per heavy atom. The van der Waals surface area contributed by atoms with Crippen LogP contribution in [-0.2, 0) is 4.79 Å². The molecule has 22 heavy (non-hydrogen) atoms. The molecule has 4 aliphatic rings. The number of rotatable bonds is 4. The van der Waals surface area contributed by atoms with Crippen LogP contribution in [0.2, 0.25) is 0 Å². The molecule has 0 atom stereocenters. The molecule has 5 rings (SSSR count). The van der Waals surface area contributed by atoms with Gasteiger partial charge in [-0.1, -0.05) is 18.2 Å². The van der Waals surface area contributed by atoms with Gasteiger partial charge < -0.3 is 4.74 Å². The van der Waals surface area contributed by atoms with Crippen LogP contribution in [-0.4, -0.2) is 12.9 Å². The average Bonchev–Trinajstić information content (AvgIpc) is 2.51. The molecule has 0 saturated heterocycles. The van der Waals surface area contributed by atoms with Crippen LogP contribution in [0.4, 0.5) is 0 Å². The Balaban J connectivity index is 1.53. The van der Waals surface area contributed by atoms with Gasteiger partial charge in [-0.05, 0) is 80.1 Å². The van der Waals surface area contributed by atoms with E-state index >= 15 is 0 Å². The number of carbonyl (C=O) groups excluding carboxylic acids is 1. The van der Waals surface area contributed by atoms with Crippen LogP contribution in [0.15, 0.2) is 30.3 Å². The van der Waals surface area contributed by atoms with Crippen LogP contribution in [0.1, 0.15) is 44.1 Å². The van der Waals surface area contributed by atoms with Crippen molar-refractivity contribution in [2.75, 3.05) is 7.11 Å². The highest BCUT2D eigenvalue weighted by Crippen LogP contribution is 2.60. The molecule has 2 heteroatoms. The molecule has 4 bridgehead atoms. The van der Waals surface area contributed by atoms with E-state index in [2.05, 4.69) is 0 Å². The van der Waals surface area contributed by atoms with E-state index < -0.39 is 0 Å². The third-order valence-electron chi connectivity index (χ3n) is 6.08. The summed E-state index contributed by atoms with van der Waals surface area (Å²) in [6.07, 6.45) is 11.4. The normalized spacial score (nSPS) is 36.0. The van der Waals surface area contributed by atoms with Crippen molar-refractivity contribution in [3.8, 4) is 5.75 Å². The summed E-state index contributed by atoms with van der Waals surface area (Å²) in [7, 11) is 1.67. The summed E-state index contributed by atoms with van der Waals surface area (Å²) >= 11 is 0. The molecule has 4 aliphatic carbocycles. The number of methoxy groups -OCH3 is 1. The summed E-state index contributed by atoms with van der Waals surface area (Å²) in [5.41, 5.74) is 1.02. The first-order valence-electron chi connectivity index (χ1n) is 8.53. The van der Waals surface area contributed by atoms with E-state index in [1.54, 1.807) is 7.11 Å². The van der Waals surface area contributed by atoms with Crippen LogP contribution >= 0.6 is 0 Å². The highest BCUT2D eigenvalue weighted by molar-refractivity contribution is 5.98. The first-order valence-corrected chi connectivity index (χ1v) is 8.53. The lowest BCUT2D eigenvalue weighted by molar-refractivity contribution is -0.138. The standard InChI is InChI=1S/C20H24O2/c1-22-18-4-2-3-14(10-18)5-6-19(21)20-11-15-7-16(12-20)9-17(8-15)13-20/h2-6,10,15-17H,7-9,11-13H2,1H3/b6-5+. The molecule has 0 aliphatic heterocycles. The van der Waals surface area contributed by atoms with Crippen molar-refractivity contribution in [1.82, 2.24) is 0 Å². The fourth-order valence-corrected chi connectivity index (χ4v) is 5.51. The van der Waals surface area contributed by atoms with Crippen LogP contribution in [0.5, 0.6) is 5.75 Å². The van der Waals surface area contributed by atoms with Crippen molar-refractivity contribution < 1.29 is 9.53 Å². The van der Waals surface area contributed by atoms with Crippen molar-refractivity contribution in [1.29, 1.82) is 0 Å². The Morgan fingerprint density at radius 2 is 1.77 bits per heavy atom. The lowest BCUT2D eigenvalue weighted by Gasteiger charge is -2.55. The molecule has 4 saturated carbocycles.